The van der Waals surface area contributed by atoms with Crippen LogP contribution >= 0.6 is 23.6 Å². The van der Waals surface area contributed by atoms with Crippen LogP contribution in [0.5, 0.6) is 0 Å². The molecule has 0 spiro atoms. The molecule has 0 aliphatic carbocycles. The number of rotatable bonds is 5. The summed E-state index contributed by atoms with van der Waals surface area (Å²) in [5.41, 5.74) is 1.45. The van der Waals surface area contributed by atoms with Crippen LogP contribution in [0, 0.1) is 10.6 Å². The number of aromatic nitrogens is 4. The van der Waals surface area contributed by atoms with E-state index in [0.717, 1.165) is 48.0 Å². The molecule has 0 radical (unpaired) electrons. The average Bonchev–Trinajstić information content (AvgIpc) is 3.34. The third kappa shape index (κ3) is 4.30. The van der Waals surface area contributed by atoms with Gasteiger partial charge in [-0.3, -0.25) is 9.89 Å². The van der Waals surface area contributed by atoms with Crippen molar-refractivity contribution >= 4 is 29.5 Å². The number of carbonyl (C=O) groups excluding carboxylic acids is 1. The van der Waals surface area contributed by atoms with Gasteiger partial charge in [0.2, 0.25) is 5.91 Å². The molecule has 1 N–H and O–H groups in total. The third-order valence-electron chi connectivity index (χ3n) is 5.20. The standard InChI is InChI=1S/C20H22FN5OS2/c1-2-26-18(23-24-20(26)28)14-6-4-8-25(11-14)17(27)10-16-12-29-19(22-16)13-5-3-7-15(21)9-13/h3,5,7,9,12,14H,2,4,6,8,10-11H2,1H3,(H,24,28). The second-order valence-electron chi connectivity index (χ2n) is 7.14. The average molecular weight is 432 g/mol. The molecule has 1 aliphatic rings. The van der Waals surface area contributed by atoms with Crippen molar-refractivity contribution in [2.24, 2.45) is 0 Å². The fourth-order valence-electron chi connectivity index (χ4n) is 3.77. The van der Waals surface area contributed by atoms with Crippen LogP contribution in [0.3, 0.4) is 0 Å². The summed E-state index contributed by atoms with van der Waals surface area (Å²) >= 11 is 6.72. The minimum absolute atomic E-state index is 0.0583. The lowest BCUT2D eigenvalue weighted by Gasteiger charge is -2.32. The highest BCUT2D eigenvalue weighted by Crippen LogP contribution is 2.27. The Hall–Kier alpha value is -2.39. The van der Waals surface area contributed by atoms with E-state index in [2.05, 4.69) is 15.2 Å². The van der Waals surface area contributed by atoms with E-state index in [1.165, 1.54) is 23.5 Å². The van der Waals surface area contributed by atoms with Gasteiger partial charge < -0.3 is 9.47 Å². The predicted octanol–water partition coefficient (Wildman–Crippen LogP) is 4.17. The molecule has 3 aromatic rings. The van der Waals surface area contributed by atoms with Gasteiger partial charge in [0.1, 0.15) is 16.6 Å². The summed E-state index contributed by atoms with van der Waals surface area (Å²) in [5.74, 6) is 0.874. The first-order valence-electron chi connectivity index (χ1n) is 9.68. The van der Waals surface area contributed by atoms with Crippen molar-refractivity contribution in [1.29, 1.82) is 0 Å². The molecule has 1 amide bonds. The zero-order valence-corrected chi connectivity index (χ0v) is 17.7. The number of carbonyl (C=O) groups is 1. The van der Waals surface area contributed by atoms with Gasteiger partial charge in [0.25, 0.3) is 0 Å². The van der Waals surface area contributed by atoms with Gasteiger partial charge in [0, 0.05) is 36.5 Å². The molecule has 6 nitrogen and oxygen atoms in total. The summed E-state index contributed by atoms with van der Waals surface area (Å²) in [4.78, 5) is 19.3. The number of hydrogen-bond acceptors (Lipinski definition) is 5. The van der Waals surface area contributed by atoms with Gasteiger partial charge in [-0.05, 0) is 44.1 Å². The molecule has 1 saturated heterocycles. The van der Waals surface area contributed by atoms with Crippen molar-refractivity contribution in [2.45, 2.75) is 38.6 Å². The summed E-state index contributed by atoms with van der Waals surface area (Å²) in [6.45, 7) is 4.18. The Bertz CT molecular complexity index is 1070. The quantitative estimate of drug-likeness (QED) is 0.616. The fraction of sp³-hybridized carbons (Fsp3) is 0.400. The molecule has 1 atom stereocenters. The predicted molar refractivity (Wildman–Crippen MR) is 113 cm³/mol. The lowest BCUT2D eigenvalue weighted by atomic mass is 9.96. The van der Waals surface area contributed by atoms with Crippen LogP contribution in [0.15, 0.2) is 29.6 Å². The molecule has 152 valence electrons. The fourth-order valence-corrected chi connectivity index (χ4v) is 4.86. The molecule has 1 aliphatic heterocycles. The SMILES string of the molecule is CCn1c(C2CCCN(C(=O)Cc3csc(-c4cccc(F)c4)n3)C2)n[nH]c1=S. The highest BCUT2D eigenvalue weighted by Gasteiger charge is 2.28. The summed E-state index contributed by atoms with van der Waals surface area (Å²) in [6.07, 6.45) is 2.17. The van der Waals surface area contributed by atoms with Crippen molar-refractivity contribution in [2.75, 3.05) is 13.1 Å². The number of H-pyrrole nitrogens is 1. The Kier molecular flexibility index (Phi) is 5.86. The lowest BCUT2D eigenvalue weighted by Crippen LogP contribution is -2.40. The second kappa shape index (κ2) is 8.54. The number of likely N-dealkylation sites (tertiary alicyclic amines) is 1. The van der Waals surface area contributed by atoms with E-state index in [9.17, 15) is 9.18 Å². The molecule has 0 saturated carbocycles. The smallest absolute Gasteiger partial charge is 0.228 e. The molecule has 3 heterocycles. The first-order chi connectivity index (χ1) is 14.0. The minimum atomic E-state index is -0.292. The number of hydrogen-bond donors (Lipinski definition) is 1. The number of amides is 1. The van der Waals surface area contributed by atoms with Gasteiger partial charge in [-0.1, -0.05) is 12.1 Å². The number of nitrogens with zero attached hydrogens (tertiary/aromatic N) is 4. The number of aromatic amines is 1. The maximum absolute atomic E-state index is 13.4. The Labute approximate surface area is 177 Å². The summed E-state index contributed by atoms with van der Waals surface area (Å²) in [7, 11) is 0. The molecule has 1 unspecified atom stereocenters. The zero-order valence-electron chi connectivity index (χ0n) is 16.1. The highest BCUT2D eigenvalue weighted by molar-refractivity contribution is 7.71. The monoisotopic (exact) mass is 431 g/mol. The summed E-state index contributed by atoms with van der Waals surface area (Å²) in [5, 5.41) is 9.87. The molecule has 1 fully saturated rings. The Morgan fingerprint density at radius 2 is 2.31 bits per heavy atom. The van der Waals surface area contributed by atoms with Gasteiger partial charge in [-0.25, -0.2) is 9.37 Å². The number of nitrogens with one attached hydrogen (secondary N) is 1. The van der Waals surface area contributed by atoms with E-state index >= 15 is 0 Å². The zero-order chi connectivity index (χ0) is 20.4. The van der Waals surface area contributed by atoms with Crippen LogP contribution in [0.2, 0.25) is 0 Å². The molecule has 9 heteroatoms. The normalized spacial score (nSPS) is 16.9. The van der Waals surface area contributed by atoms with Gasteiger partial charge in [-0.15, -0.1) is 11.3 Å². The van der Waals surface area contributed by atoms with E-state index in [0.29, 0.717) is 11.3 Å². The molecule has 2 aromatic heterocycles. The number of thiazole rings is 1. The molecular formula is C20H22FN5OS2. The lowest BCUT2D eigenvalue weighted by molar-refractivity contribution is -0.131. The van der Waals surface area contributed by atoms with Crippen molar-refractivity contribution in [1.82, 2.24) is 24.6 Å². The van der Waals surface area contributed by atoms with E-state index in [4.69, 9.17) is 12.2 Å². The van der Waals surface area contributed by atoms with Crippen LogP contribution in [-0.4, -0.2) is 43.6 Å². The molecule has 29 heavy (non-hydrogen) atoms. The van der Waals surface area contributed by atoms with Crippen LogP contribution < -0.4 is 0 Å². The number of halogens is 1. The van der Waals surface area contributed by atoms with Gasteiger partial charge in [0.05, 0.1) is 12.1 Å². The maximum Gasteiger partial charge on any atom is 0.228 e. The first-order valence-corrected chi connectivity index (χ1v) is 11.0. The summed E-state index contributed by atoms with van der Waals surface area (Å²) in [6, 6.07) is 6.35. The molecule has 4 rings (SSSR count). The van der Waals surface area contributed by atoms with Gasteiger partial charge in [0.15, 0.2) is 4.77 Å². The van der Waals surface area contributed by atoms with Crippen molar-refractivity contribution < 1.29 is 9.18 Å². The van der Waals surface area contributed by atoms with E-state index < -0.39 is 0 Å². The van der Waals surface area contributed by atoms with Gasteiger partial charge >= 0.3 is 0 Å². The Balaban J connectivity index is 1.44. The van der Waals surface area contributed by atoms with E-state index in [1.807, 2.05) is 27.8 Å². The van der Waals surface area contributed by atoms with E-state index in [1.54, 1.807) is 6.07 Å². The number of piperidine rings is 1. The maximum atomic E-state index is 13.4. The minimum Gasteiger partial charge on any atom is -0.342 e. The van der Waals surface area contributed by atoms with Crippen LogP contribution in [0.1, 0.15) is 37.2 Å². The Morgan fingerprint density at radius 1 is 1.45 bits per heavy atom. The number of benzene rings is 1. The summed E-state index contributed by atoms with van der Waals surface area (Å²) < 4.78 is 16.1. The van der Waals surface area contributed by atoms with Crippen LogP contribution in [0.4, 0.5) is 4.39 Å². The highest BCUT2D eigenvalue weighted by atomic mass is 32.1. The largest absolute Gasteiger partial charge is 0.342 e. The molecular weight excluding hydrogens is 409 g/mol. The third-order valence-corrected chi connectivity index (χ3v) is 6.45. The van der Waals surface area contributed by atoms with E-state index in [-0.39, 0.29) is 24.1 Å². The Morgan fingerprint density at radius 3 is 3.10 bits per heavy atom. The first kappa shape index (κ1) is 19.9. The van der Waals surface area contributed by atoms with Crippen molar-refractivity contribution in [3.05, 3.63) is 51.8 Å². The van der Waals surface area contributed by atoms with Crippen LogP contribution in [-0.2, 0) is 17.8 Å². The topological polar surface area (TPSA) is 66.8 Å². The molecule has 0 bridgehead atoms. The van der Waals surface area contributed by atoms with Crippen molar-refractivity contribution in [3.8, 4) is 10.6 Å². The second-order valence-corrected chi connectivity index (χ2v) is 8.39. The van der Waals surface area contributed by atoms with Crippen molar-refractivity contribution in [3.63, 3.8) is 0 Å². The van der Waals surface area contributed by atoms with Crippen LogP contribution in [0.25, 0.3) is 10.6 Å². The van der Waals surface area contributed by atoms with Gasteiger partial charge in [-0.2, -0.15) is 5.10 Å². The molecule has 1 aromatic carbocycles.